The molecule has 62 valence electrons. The summed E-state index contributed by atoms with van der Waals surface area (Å²) < 4.78 is 0. The topological polar surface area (TPSA) is 49.8 Å². The molecule has 0 bridgehead atoms. The fourth-order valence-corrected chi connectivity index (χ4v) is 1.24. The van der Waals surface area contributed by atoms with Crippen molar-refractivity contribution in [1.82, 2.24) is 0 Å². The minimum absolute atomic E-state index is 0.441. The van der Waals surface area contributed by atoms with Crippen molar-refractivity contribution in [2.75, 3.05) is 0 Å². The second-order valence-electron chi connectivity index (χ2n) is 2.85. The summed E-state index contributed by atoms with van der Waals surface area (Å²) >= 11 is 0. The quantitative estimate of drug-likeness (QED) is 0.678. The molecule has 1 aromatic rings. The molecule has 0 unspecified atom stereocenters. The lowest BCUT2D eigenvalue weighted by molar-refractivity contribution is 1.03. The van der Waals surface area contributed by atoms with Gasteiger partial charge < -0.3 is 5.73 Å². The summed E-state index contributed by atoms with van der Waals surface area (Å²) in [5, 5.41) is 8.76. The molecule has 0 atom stereocenters. The third kappa shape index (κ3) is 1.32. The Bertz CT molecular complexity index is 334. The van der Waals surface area contributed by atoms with Gasteiger partial charge in [-0.3, -0.25) is 0 Å². The zero-order valence-corrected chi connectivity index (χ0v) is 7.39. The molecule has 0 fully saturated rings. The maximum Gasteiger partial charge on any atom is 0.0995 e. The first kappa shape index (κ1) is 8.76. The van der Waals surface area contributed by atoms with E-state index in [1.807, 2.05) is 26.0 Å². The van der Waals surface area contributed by atoms with Crippen LogP contribution in [0.4, 0.5) is 0 Å². The van der Waals surface area contributed by atoms with Crippen LogP contribution in [0, 0.1) is 25.2 Å². The minimum Gasteiger partial charge on any atom is -0.326 e. The van der Waals surface area contributed by atoms with Gasteiger partial charge in [-0.05, 0) is 36.6 Å². The molecule has 0 aromatic heterocycles. The second kappa shape index (κ2) is 3.38. The Morgan fingerprint density at radius 3 is 2.58 bits per heavy atom. The highest BCUT2D eigenvalue weighted by Gasteiger charge is 2.04. The highest BCUT2D eigenvalue weighted by Crippen LogP contribution is 2.16. The fourth-order valence-electron chi connectivity index (χ4n) is 1.24. The molecule has 0 spiro atoms. The number of hydrogen-bond donors (Lipinski definition) is 1. The van der Waals surface area contributed by atoms with Gasteiger partial charge in [0.1, 0.15) is 0 Å². The molecule has 2 heteroatoms. The summed E-state index contributed by atoms with van der Waals surface area (Å²) in [5.74, 6) is 0. The first-order valence-corrected chi connectivity index (χ1v) is 3.90. The van der Waals surface area contributed by atoms with Gasteiger partial charge in [-0.15, -0.1) is 0 Å². The predicted molar refractivity (Wildman–Crippen MR) is 48.5 cm³/mol. The van der Waals surface area contributed by atoms with Gasteiger partial charge in [0.2, 0.25) is 0 Å². The highest BCUT2D eigenvalue weighted by molar-refractivity contribution is 5.45. The summed E-state index contributed by atoms with van der Waals surface area (Å²) in [6.07, 6.45) is 0. The van der Waals surface area contributed by atoms with E-state index in [4.69, 9.17) is 11.0 Å². The molecule has 0 saturated carbocycles. The van der Waals surface area contributed by atoms with Crippen LogP contribution in [0.3, 0.4) is 0 Å². The summed E-state index contributed by atoms with van der Waals surface area (Å²) in [6, 6.07) is 5.91. The zero-order chi connectivity index (χ0) is 9.14. The van der Waals surface area contributed by atoms with Crippen LogP contribution in [0.5, 0.6) is 0 Å². The summed E-state index contributed by atoms with van der Waals surface area (Å²) in [5.41, 5.74) is 9.53. The molecular formula is C10H12N2. The minimum atomic E-state index is 0.441. The lowest BCUT2D eigenvalue weighted by Crippen LogP contribution is -2.03. The molecular weight excluding hydrogens is 148 g/mol. The number of rotatable bonds is 1. The van der Waals surface area contributed by atoms with Gasteiger partial charge in [-0.25, -0.2) is 0 Å². The number of nitrogens with two attached hydrogens (primary N) is 1. The third-order valence-corrected chi connectivity index (χ3v) is 2.19. The lowest BCUT2D eigenvalue weighted by Gasteiger charge is -2.07. The molecule has 0 aliphatic rings. The van der Waals surface area contributed by atoms with Crippen LogP contribution in [0.25, 0.3) is 0 Å². The Morgan fingerprint density at radius 2 is 2.08 bits per heavy atom. The van der Waals surface area contributed by atoms with Gasteiger partial charge in [0.25, 0.3) is 0 Å². The normalized spacial score (nSPS) is 9.50. The Labute approximate surface area is 72.6 Å². The van der Waals surface area contributed by atoms with Crippen LogP contribution < -0.4 is 5.73 Å². The average Bonchev–Trinajstić information content (AvgIpc) is 2.09. The van der Waals surface area contributed by atoms with Gasteiger partial charge in [0.05, 0.1) is 11.6 Å². The van der Waals surface area contributed by atoms with E-state index >= 15 is 0 Å². The van der Waals surface area contributed by atoms with Gasteiger partial charge in [0.15, 0.2) is 0 Å². The van der Waals surface area contributed by atoms with Crippen molar-refractivity contribution >= 4 is 0 Å². The molecule has 2 N–H and O–H groups in total. The lowest BCUT2D eigenvalue weighted by atomic mass is 9.98. The molecule has 2 nitrogen and oxygen atoms in total. The first-order valence-electron chi connectivity index (χ1n) is 3.90. The van der Waals surface area contributed by atoms with Gasteiger partial charge in [-0.2, -0.15) is 5.26 Å². The van der Waals surface area contributed by atoms with E-state index in [0.29, 0.717) is 12.1 Å². The first-order chi connectivity index (χ1) is 5.70. The molecule has 0 heterocycles. The van der Waals surface area contributed by atoms with E-state index in [-0.39, 0.29) is 0 Å². The van der Waals surface area contributed by atoms with Crippen molar-refractivity contribution in [3.63, 3.8) is 0 Å². The van der Waals surface area contributed by atoms with E-state index in [9.17, 15) is 0 Å². The second-order valence-corrected chi connectivity index (χ2v) is 2.85. The van der Waals surface area contributed by atoms with E-state index in [1.54, 1.807) is 0 Å². The third-order valence-electron chi connectivity index (χ3n) is 2.19. The molecule has 12 heavy (non-hydrogen) atoms. The van der Waals surface area contributed by atoms with Crippen LogP contribution in [0.2, 0.25) is 0 Å². The molecule has 0 amide bonds. The van der Waals surface area contributed by atoms with Gasteiger partial charge in [0, 0.05) is 6.54 Å². The Kier molecular flexibility index (Phi) is 2.47. The van der Waals surface area contributed by atoms with Gasteiger partial charge >= 0.3 is 0 Å². The van der Waals surface area contributed by atoms with Crippen molar-refractivity contribution in [1.29, 1.82) is 5.26 Å². The smallest absolute Gasteiger partial charge is 0.0995 e. The maximum absolute atomic E-state index is 8.76. The number of aryl methyl sites for hydroxylation is 1. The van der Waals surface area contributed by atoms with Crippen molar-refractivity contribution < 1.29 is 0 Å². The summed E-state index contributed by atoms with van der Waals surface area (Å²) in [4.78, 5) is 0. The van der Waals surface area contributed by atoms with Gasteiger partial charge in [-0.1, -0.05) is 6.07 Å². The molecule has 1 aromatic carbocycles. The summed E-state index contributed by atoms with van der Waals surface area (Å²) in [6.45, 7) is 4.46. The molecule has 0 saturated heterocycles. The number of hydrogen-bond acceptors (Lipinski definition) is 2. The van der Waals surface area contributed by atoms with E-state index < -0.39 is 0 Å². The predicted octanol–water partition coefficient (Wildman–Crippen LogP) is 1.63. The van der Waals surface area contributed by atoms with Crippen LogP contribution in [-0.4, -0.2) is 0 Å². The zero-order valence-electron chi connectivity index (χ0n) is 7.39. The Balaban J connectivity index is 3.38. The van der Waals surface area contributed by atoms with E-state index in [0.717, 1.165) is 11.1 Å². The van der Waals surface area contributed by atoms with Crippen molar-refractivity contribution in [3.05, 3.63) is 34.4 Å². The van der Waals surface area contributed by atoms with E-state index in [1.165, 1.54) is 5.56 Å². The molecule has 0 radical (unpaired) electrons. The Hall–Kier alpha value is -1.33. The average molecular weight is 160 g/mol. The number of benzene rings is 1. The standard InChI is InChI=1S/C10H12N2/c1-7-3-4-9(5-11)10(6-12)8(7)2/h3-4H,6,12H2,1-2H3. The van der Waals surface area contributed by atoms with Crippen molar-refractivity contribution in [2.24, 2.45) is 5.73 Å². The Morgan fingerprint density at radius 1 is 1.42 bits per heavy atom. The monoisotopic (exact) mass is 160 g/mol. The van der Waals surface area contributed by atoms with Crippen LogP contribution in [0.1, 0.15) is 22.3 Å². The molecule has 0 aliphatic carbocycles. The van der Waals surface area contributed by atoms with E-state index in [2.05, 4.69) is 6.07 Å². The van der Waals surface area contributed by atoms with Crippen LogP contribution in [0.15, 0.2) is 12.1 Å². The number of nitriles is 1. The van der Waals surface area contributed by atoms with Crippen LogP contribution in [-0.2, 0) is 6.54 Å². The fraction of sp³-hybridized carbons (Fsp3) is 0.300. The molecule has 0 aliphatic heterocycles. The maximum atomic E-state index is 8.76. The molecule has 1 rings (SSSR count). The highest BCUT2D eigenvalue weighted by atomic mass is 14.5. The summed E-state index contributed by atoms with van der Waals surface area (Å²) in [7, 11) is 0. The largest absolute Gasteiger partial charge is 0.326 e. The number of nitrogens with zero attached hydrogens (tertiary/aromatic N) is 1. The van der Waals surface area contributed by atoms with Crippen molar-refractivity contribution in [3.8, 4) is 6.07 Å². The van der Waals surface area contributed by atoms with Crippen LogP contribution >= 0.6 is 0 Å². The van der Waals surface area contributed by atoms with Crippen molar-refractivity contribution in [2.45, 2.75) is 20.4 Å². The SMILES string of the molecule is Cc1ccc(C#N)c(CN)c1C.